The van der Waals surface area contributed by atoms with Gasteiger partial charge < -0.3 is 9.67 Å². The van der Waals surface area contributed by atoms with Crippen LogP contribution in [0, 0.1) is 5.92 Å². The molecule has 0 bridgehead atoms. The molecule has 0 aliphatic carbocycles. The van der Waals surface area contributed by atoms with Gasteiger partial charge in [0.1, 0.15) is 5.82 Å². The van der Waals surface area contributed by atoms with Crippen molar-refractivity contribution in [3.8, 4) is 0 Å². The number of imidazole rings is 1. The molecule has 1 N–H and O–H groups in total. The van der Waals surface area contributed by atoms with Crippen molar-refractivity contribution in [1.82, 2.24) is 9.55 Å². The van der Waals surface area contributed by atoms with Crippen LogP contribution >= 0.6 is 0 Å². The van der Waals surface area contributed by atoms with Crippen LogP contribution in [-0.4, -0.2) is 21.3 Å². The van der Waals surface area contributed by atoms with Crippen molar-refractivity contribution in [2.75, 3.05) is 6.61 Å². The van der Waals surface area contributed by atoms with Crippen molar-refractivity contribution < 1.29 is 5.11 Å². The van der Waals surface area contributed by atoms with E-state index in [-0.39, 0.29) is 5.41 Å². The molecule has 0 amide bonds. The summed E-state index contributed by atoms with van der Waals surface area (Å²) >= 11 is 0. The van der Waals surface area contributed by atoms with Crippen LogP contribution in [0.15, 0.2) is 6.20 Å². The first-order valence-corrected chi connectivity index (χ1v) is 5.68. The van der Waals surface area contributed by atoms with Crippen LogP contribution in [-0.2, 0) is 18.4 Å². The van der Waals surface area contributed by atoms with Gasteiger partial charge >= 0.3 is 0 Å². The molecule has 2 rings (SSSR count). The normalized spacial score (nSPS) is 21.5. The minimum atomic E-state index is 0.115. The van der Waals surface area contributed by atoms with E-state index in [0.717, 1.165) is 19.4 Å². The summed E-state index contributed by atoms with van der Waals surface area (Å²) in [5, 5.41) is 9.15. The molecule has 0 fully saturated rings. The van der Waals surface area contributed by atoms with Gasteiger partial charge in [-0.3, -0.25) is 0 Å². The Hall–Kier alpha value is -0.830. The molecule has 0 spiro atoms. The van der Waals surface area contributed by atoms with Gasteiger partial charge in [0.05, 0.1) is 0 Å². The number of aliphatic hydroxyl groups excluding tert-OH is 1. The molecule has 0 aromatic carbocycles. The predicted molar refractivity (Wildman–Crippen MR) is 59.8 cm³/mol. The molecule has 1 aliphatic heterocycles. The maximum absolute atomic E-state index is 9.15. The van der Waals surface area contributed by atoms with Gasteiger partial charge in [0.25, 0.3) is 0 Å². The van der Waals surface area contributed by atoms with Crippen LogP contribution in [0.25, 0.3) is 0 Å². The van der Waals surface area contributed by atoms with Gasteiger partial charge in [0.15, 0.2) is 0 Å². The average molecular weight is 208 g/mol. The van der Waals surface area contributed by atoms with E-state index in [1.54, 1.807) is 0 Å². The molecule has 1 unspecified atom stereocenters. The van der Waals surface area contributed by atoms with Gasteiger partial charge in [-0.25, -0.2) is 4.98 Å². The fourth-order valence-electron chi connectivity index (χ4n) is 2.29. The van der Waals surface area contributed by atoms with E-state index >= 15 is 0 Å². The molecule has 2 heterocycles. The van der Waals surface area contributed by atoms with Crippen LogP contribution in [0.4, 0.5) is 0 Å². The second-order valence-corrected chi connectivity index (χ2v) is 5.52. The lowest BCUT2D eigenvalue weighted by molar-refractivity contribution is 0.199. The zero-order valence-corrected chi connectivity index (χ0v) is 9.82. The molecule has 3 heteroatoms. The highest BCUT2D eigenvalue weighted by atomic mass is 16.3. The smallest absolute Gasteiger partial charge is 0.114 e. The standard InChI is InChI=1S/C12H20N2O/c1-12(2,3)11-13-7-10-6-9(8-15)4-5-14(10)11/h7,9,15H,4-6,8H2,1-3H3. The first-order chi connectivity index (χ1) is 7.02. The molecule has 15 heavy (non-hydrogen) atoms. The quantitative estimate of drug-likeness (QED) is 0.763. The molecule has 1 atom stereocenters. The van der Waals surface area contributed by atoms with Crippen LogP contribution in [0.3, 0.4) is 0 Å². The summed E-state index contributed by atoms with van der Waals surface area (Å²) in [4.78, 5) is 4.52. The predicted octanol–water partition coefficient (Wildman–Crippen LogP) is 1.74. The molecule has 1 aromatic heterocycles. The fraction of sp³-hybridized carbons (Fsp3) is 0.750. The molecular weight excluding hydrogens is 188 g/mol. The summed E-state index contributed by atoms with van der Waals surface area (Å²) in [6, 6.07) is 0. The average Bonchev–Trinajstić information content (AvgIpc) is 2.59. The van der Waals surface area contributed by atoms with Gasteiger partial charge in [0.2, 0.25) is 0 Å². The van der Waals surface area contributed by atoms with Gasteiger partial charge in [-0.1, -0.05) is 20.8 Å². The minimum Gasteiger partial charge on any atom is -0.396 e. The second-order valence-electron chi connectivity index (χ2n) is 5.52. The lowest BCUT2D eigenvalue weighted by Crippen LogP contribution is -2.26. The van der Waals surface area contributed by atoms with Crippen LogP contribution in [0.5, 0.6) is 0 Å². The Labute approximate surface area is 91.1 Å². The van der Waals surface area contributed by atoms with Gasteiger partial charge in [-0.05, 0) is 18.8 Å². The highest BCUT2D eigenvalue weighted by Crippen LogP contribution is 2.27. The van der Waals surface area contributed by atoms with E-state index in [1.807, 2.05) is 6.20 Å². The number of aliphatic hydroxyl groups is 1. The maximum atomic E-state index is 9.15. The molecule has 1 aromatic rings. The molecule has 0 radical (unpaired) electrons. The van der Waals surface area contributed by atoms with E-state index in [9.17, 15) is 0 Å². The van der Waals surface area contributed by atoms with Crippen molar-refractivity contribution in [3.05, 3.63) is 17.7 Å². The first-order valence-electron chi connectivity index (χ1n) is 5.68. The Kier molecular flexibility index (Phi) is 2.59. The first kappa shape index (κ1) is 10.7. The Morgan fingerprint density at radius 1 is 1.53 bits per heavy atom. The number of aromatic nitrogens is 2. The van der Waals surface area contributed by atoms with E-state index in [4.69, 9.17) is 5.11 Å². The fourth-order valence-corrected chi connectivity index (χ4v) is 2.29. The van der Waals surface area contributed by atoms with E-state index in [1.165, 1.54) is 11.5 Å². The van der Waals surface area contributed by atoms with Crippen molar-refractivity contribution in [2.24, 2.45) is 5.92 Å². The van der Waals surface area contributed by atoms with Crippen molar-refractivity contribution >= 4 is 0 Å². The molecule has 1 aliphatic rings. The van der Waals surface area contributed by atoms with E-state index in [2.05, 4.69) is 30.3 Å². The van der Waals surface area contributed by atoms with Crippen LogP contribution in [0.1, 0.15) is 38.7 Å². The molecule has 84 valence electrons. The van der Waals surface area contributed by atoms with Crippen LogP contribution < -0.4 is 0 Å². The second kappa shape index (κ2) is 3.63. The van der Waals surface area contributed by atoms with Crippen LogP contribution in [0.2, 0.25) is 0 Å². The number of rotatable bonds is 1. The summed E-state index contributed by atoms with van der Waals surface area (Å²) in [6.07, 6.45) is 4.02. The largest absolute Gasteiger partial charge is 0.396 e. The summed E-state index contributed by atoms with van der Waals surface area (Å²) in [7, 11) is 0. The number of hydrogen-bond donors (Lipinski definition) is 1. The van der Waals surface area contributed by atoms with Crippen molar-refractivity contribution in [3.63, 3.8) is 0 Å². The number of fused-ring (bicyclic) bond motifs is 1. The summed E-state index contributed by atoms with van der Waals surface area (Å²) in [5.74, 6) is 1.61. The zero-order chi connectivity index (χ0) is 11.1. The Morgan fingerprint density at radius 3 is 2.87 bits per heavy atom. The number of hydrogen-bond acceptors (Lipinski definition) is 2. The minimum absolute atomic E-state index is 0.115. The molecular formula is C12H20N2O. The third-order valence-corrected chi connectivity index (χ3v) is 3.13. The SMILES string of the molecule is CC(C)(C)c1ncc2n1CCC(CO)C2. The van der Waals surface area contributed by atoms with E-state index in [0.29, 0.717) is 12.5 Å². The van der Waals surface area contributed by atoms with Gasteiger partial charge in [-0.2, -0.15) is 0 Å². The summed E-state index contributed by atoms with van der Waals surface area (Å²) in [5.41, 5.74) is 1.40. The lowest BCUT2D eigenvalue weighted by atomic mass is 9.93. The summed E-state index contributed by atoms with van der Waals surface area (Å²) in [6.45, 7) is 7.89. The summed E-state index contributed by atoms with van der Waals surface area (Å²) < 4.78 is 2.33. The third-order valence-electron chi connectivity index (χ3n) is 3.13. The van der Waals surface area contributed by atoms with Gasteiger partial charge in [-0.15, -0.1) is 0 Å². The lowest BCUT2D eigenvalue weighted by Gasteiger charge is -2.27. The van der Waals surface area contributed by atoms with Crippen molar-refractivity contribution in [1.29, 1.82) is 0 Å². The topological polar surface area (TPSA) is 38.0 Å². The third kappa shape index (κ3) is 1.93. The zero-order valence-electron chi connectivity index (χ0n) is 9.82. The molecule has 3 nitrogen and oxygen atoms in total. The van der Waals surface area contributed by atoms with Crippen molar-refractivity contribution in [2.45, 2.75) is 45.6 Å². The molecule has 0 saturated carbocycles. The molecule has 0 saturated heterocycles. The highest BCUT2D eigenvalue weighted by Gasteiger charge is 2.26. The Balaban J connectivity index is 2.30. The van der Waals surface area contributed by atoms with Gasteiger partial charge in [0, 0.05) is 30.5 Å². The van der Waals surface area contributed by atoms with E-state index < -0.39 is 0 Å². The Morgan fingerprint density at radius 2 is 2.27 bits per heavy atom. The maximum Gasteiger partial charge on any atom is 0.114 e. The monoisotopic (exact) mass is 208 g/mol. The number of nitrogens with zero attached hydrogens (tertiary/aromatic N) is 2. The Bertz CT molecular complexity index is 349. The highest BCUT2D eigenvalue weighted by molar-refractivity contribution is 5.14.